The molecule has 38 heavy (non-hydrogen) atoms. The number of unbranched alkanes of at least 4 members (excludes halogenated alkanes) is 13. The van der Waals surface area contributed by atoms with E-state index in [0.29, 0.717) is 19.6 Å². The minimum Gasteiger partial charge on any atom is -0.465 e. The van der Waals surface area contributed by atoms with E-state index in [1.54, 1.807) is 0 Å². The van der Waals surface area contributed by atoms with Gasteiger partial charge in [0, 0.05) is 13.0 Å². The summed E-state index contributed by atoms with van der Waals surface area (Å²) in [6.45, 7) is 9.41. The molecule has 0 aromatic carbocycles. The SMILES string of the molecule is CCCCCCCCC(CCCCCCCC)OC(=O)C(C)(C)CCCCCCOC(=O)[C@@H]1CC(O)CN1. The number of rotatable bonds is 24. The summed E-state index contributed by atoms with van der Waals surface area (Å²) in [6, 6.07) is -0.372. The van der Waals surface area contributed by atoms with E-state index in [1.807, 2.05) is 13.8 Å². The molecule has 1 heterocycles. The summed E-state index contributed by atoms with van der Waals surface area (Å²) in [4.78, 5) is 25.1. The van der Waals surface area contributed by atoms with Crippen LogP contribution in [-0.4, -0.2) is 48.4 Å². The maximum absolute atomic E-state index is 13.1. The zero-order chi connectivity index (χ0) is 28.1. The predicted octanol–water partition coefficient (Wildman–Crippen LogP) is 7.64. The van der Waals surface area contributed by atoms with Crippen molar-refractivity contribution in [1.82, 2.24) is 5.32 Å². The molecule has 1 unspecified atom stereocenters. The van der Waals surface area contributed by atoms with Crippen LogP contribution in [0.1, 0.15) is 156 Å². The topological polar surface area (TPSA) is 84.9 Å². The average molecular weight is 540 g/mol. The van der Waals surface area contributed by atoms with Crippen molar-refractivity contribution in [2.45, 2.75) is 174 Å². The summed E-state index contributed by atoms with van der Waals surface area (Å²) >= 11 is 0. The second-order valence-corrected chi connectivity index (χ2v) is 12.2. The first-order chi connectivity index (χ1) is 18.3. The molecule has 0 bridgehead atoms. The first-order valence-corrected chi connectivity index (χ1v) is 16.1. The van der Waals surface area contributed by atoms with E-state index in [2.05, 4.69) is 19.2 Å². The summed E-state index contributed by atoms with van der Waals surface area (Å²) < 4.78 is 11.5. The number of aliphatic hydroxyl groups excluding tert-OH is 1. The van der Waals surface area contributed by atoms with Gasteiger partial charge in [-0.2, -0.15) is 0 Å². The number of carbonyl (C=O) groups excluding carboxylic acids is 2. The third-order valence-corrected chi connectivity index (χ3v) is 7.92. The Morgan fingerprint density at radius 3 is 1.89 bits per heavy atom. The highest BCUT2D eigenvalue weighted by molar-refractivity contribution is 5.76. The molecule has 2 N–H and O–H groups in total. The van der Waals surface area contributed by atoms with E-state index in [-0.39, 0.29) is 24.1 Å². The van der Waals surface area contributed by atoms with Gasteiger partial charge in [0.05, 0.1) is 18.1 Å². The highest BCUT2D eigenvalue weighted by atomic mass is 16.5. The van der Waals surface area contributed by atoms with Crippen LogP contribution in [0.5, 0.6) is 0 Å². The largest absolute Gasteiger partial charge is 0.465 e. The summed E-state index contributed by atoms with van der Waals surface area (Å²) in [5.41, 5.74) is -0.470. The lowest BCUT2D eigenvalue weighted by Gasteiger charge is -2.27. The van der Waals surface area contributed by atoms with Crippen molar-refractivity contribution >= 4 is 11.9 Å². The number of hydrogen-bond donors (Lipinski definition) is 2. The van der Waals surface area contributed by atoms with Gasteiger partial charge in [0.2, 0.25) is 0 Å². The molecule has 0 aliphatic carbocycles. The Hall–Kier alpha value is -1.14. The Morgan fingerprint density at radius 1 is 0.816 bits per heavy atom. The van der Waals surface area contributed by atoms with Crippen molar-refractivity contribution in [3.63, 3.8) is 0 Å². The van der Waals surface area contributed by atoms with Gasteiger partial charge in [0.25, 0.3) is 0 Å². The predicted molar refractivity (Wildman–Crippen MR) is 156 cm³/mol. The van der Waals surface area contributed by atoms with Crippen molar-refractivity contribution < 1.29 is 24.2 Å². The van der Waals surface area contributed by atoms with Crippen LogP contribution in [0.2, 0.25) is 0 Å². The van der Waals surface area contributed by atoms with Gasteiger partial charge >= 0.3 is 11.9 Å². The molecule has 2 atom stereocenters. The number of aliphatic hydroxyl groups is 1. The molecule has 6 nitrogen and oxygen atoms in total. The first-order valence-electron chi connectivity index (χ1n) is 16.1. The highest BCUT2D eigenvalue weighted by Crippen LogP contribution is 2.28. The third kappa shape index (κ3) is 16.7. The molecule has 0 amide bonds. The van der Waals surface area contributed by atoms with Gasteiger partial charge in [-0.1, -0.05) is 97.3 Å². The molecule has 1 aliphatic rings. The van der Waals surface area contributed by atoms with Crippen LogP contribution in [-0.2, 0) is 19.1 Å². The highest BCUT2D eigenvalue weighted by Gasteiger charge is 2.31. The Labute approximate surface area is 234 Å². The molecule has 0 aromatic rings. The van der Waals surface area contributed by atoms with Crippen LogP contribution in [0.15, 0.2) is 0 Å². The molecule has 1 rings (SSSR count). The van der Waals surface area contributed by atoms with Crippen molar-refractivity contribution in [3.05, 3.63) is 0 Å². The van der Waals surface area contributed by atoms with Crippen LogP contribution in [0.25, 0.3) is 0 Å². The van der Waals surface area contributed by atoms with Gasteiger partial charge in [-0.05, 0) is 52.4 Å². The van der Waals surface area contributed by atoms with Gasteiger partial charge in [-0.3, -0.25) is 9.59 Å². The van der Waals surface area contributed by atoms with E-state index in [0.717, 1.165) is 57.8 Å². The Balaban J connectivity index is 2.29. The summed E-state index contributed by atoms with van der Waals surface area (Å²) in [5, 5.41) is 12.5. The number of nitrogens with one attached hydrogen (secondary N) is 1. The number of hydrogen-bond acceptors (Lipinski definition) is 6. The van der Waals surface area contributed by atoms with Gasteiger partial charge in [0.1, 0.15) is 12.1 Å². The second kappa shape index (κ2) is 21.7. The number of ether oxygens (including phenoxy) is 2. The maximum atomic E-state index is 13.1. The Bertz CT molecular complexity index is 593. The summed E-state index contributed by atoms with van der Waals surface area (Å²) in [6.07, 6.45) is 21.8. The molecular weight excluding hydrogens is 478 g/mol. The van der Waals surface area contributed by atoms with Gasteiger partial charge in [0.15, 0.2) is 0 Å². The van der Waals surface area contributed by atoms with Crippen molar-refractivity contribution in [3.8, 4) is 0 Å². The van der Waals surface area contributed by atoms with Crippen molar-refractivity contribution in [1.29, 1.82) is 0 Å². The molecular formula is C32H61NO5. The summed E-state index contributed by atoms with van der Waals surface area (Å²) in [5.74, 6) is -0.304. The van der Waals surface area contributed by atoms with Crippen molar-refractivity contribution in [2.24, 2.45) is 5.41 Å². The lowest BCUT2D eigenvalue weighted by atomic mass is 9.86. The van der Waals surface area contributed by atoms with Crippen LogP contribution < -0.4 is 5.32 Å². The van der Waals surface area contributed by atoms with E-state index < -0.39 is 11.5 Å². The summed E-state index contributed by atoms with van der Waals surface area (Å²) in [7, 11) is 0. The molecule has 0 spiro atoms. The van der Waals surface area contributed by atoms with Crippen LogP contribution in [0.3, 0.4) is 0 Å². The van der Waals surface area contributed by atoms with Crippen molar-refractivity contribution in [2.75, 3.05) is 13.2 Å². The minimum absolute atomic E-state index is 0.0420. The third-order valence-electron chi connectivity index (χ3n) is 7.92. The monoisotopic (exact) mass is 539 g/mol. The van der Waals surface area contributed by atoms with E-state index in [9.17, 15) is 14.7 Å². The van der Waals surface area contributed by atoms with E-state index in [4.69, 9.17) is 9.47 Å². The van der Waals surface area contributed by atoms with Gasteiger partial charge in [-0.25, -0.2) is 0 Å². The fourth-order valence-electron chi connectivity index (χ4n) is 5.17. The molecule has 0 radical (unpaired) electrons. The van der Waals surface area contributed by atoms with E-state index in [1.165, 1.54) is 64.2 Å². The first kappa shape index (κ1) is 34.9. The second-order valence-electron chi connectivity index (χ2n) is 12.2. The van der Waals surface area contributed by atoms with Crippen LogP contribution in [0.4, 0.5) is 0 Å². The smallest absolute Gasteiger partial charge is 0.323 e. The fourth-order valence-corrected chi connectivity index (χ4v) is 5.17. The zero-order valence-electron chi connectivity index (χ0n) is 25.4. The molecule has 0 saturated carbocycles. The number of β-amino-alcohol motifs (C(OH)–C–C–N with tert-alkyl or cyclic N) is 1. The van der Waals surface area contributed by atoms with Crippen LogP contribution in [0, 0.1) is 5.41 Å². The number of carbonyl (C=O) groups is 2. The fraction of sp³-hybridized carbons (Fsp3) is 0.938. The lowest BCUT2D eigenvalue weighted by molar-refractivity contribution is -0.161. The molecule has 6 heteroatoms. The van der Waals surface area contributed by atoms with Crippen LogP contribution >= 0.6 is 0 Å². The standard InChI is InChI=1S/C32H61NO5/c1-5-7-9-11-13-17-21-28(22-18-14-12-10-8-6-2)38-31(36)32(3,4)23-19-15-16-20-24-37-30(35)29-25-27(34)26-33-29/h27-29,33-34H,5-26H2,1-4H3/t27?,29-/m0/s1. The number of esters is 2. The molecule has 1 saturated heterocycles. The zero-order valence-corrected chi connectivity index (χ0v) is 25.4. The van der Waals surface area contributed by atoms with E-state index >= 15 is 0 Å². The molecule has 224 valence electrons. The molecule has 1 fully saturated rings. The molecule has 1 aliphatic heterocycles. The normalized spacial score (nSPS) is 17.7. The van der Waals surface area contributed by atoms with Gasteiger partial charge in [-0.15, -0.1) is 0 Å². The minimum atomic E-state index is -0.470. The Kier molecular flexibility index (Phi) is 19.9. The maximum Gasteiger partial charge on any atom is 0.323 e. The molecule has 0 aromatic heterocycles. The lowest BCUT2D eigenvalue weighted by Crippen LogP contribution is -2.32. The van der Waals surface area contributed by atoms with Gasteiger partial charge < -0.3 is 19.9 Å². The quantitative estimate of drug-likeness (QED) is 0.0968. The average Bonchev–Trinajstić information content (AvgIpc) is 3.33. The Morgan fingerprint density at radius 2 is 1.34 bits per heavy atom.